The molecule has 23 heavy (non-hydrogen) atoms. The average Bonchev–Trinajstić information content (AvgIpc) is 2.50. The summed E-state index contributed by atoms with van der Waals surface area (Å²) >= 11 is 0. The Morgan fingerprint density at radius 1 is 1.09 bits per heavy atom. The number of carboxylic acids is 1. The summed E-state index contributed by atoms with van der Waals surface area (Å²) in [4.78, 5) is 34.9. The summed E-state index contributed by atoms with van der Waals surface area (Å²) in [5, 5.41) is 14.3. The van der Waals surface area contributed by atoms with Crippen molar-refractivity contribution in [3.05, 3.63) is 35.9 Å². The molecule has 0 aliphatic rings. The van der Waals surface area contributed by atoms with Crippen LogP contribution in [0.4, 0.5) is 0 Å². The molecule has 0 aromatic heterocycles. The molecule has 6 nitrogen and oxygen atoms in total. The van der Waals surface area contributed by atoms with Crippen molar-refractivity contribution >= 4 is 17.8 Å². The minimum Gasteiger partial charge on any atom is -0.480 e. The first-order valence-corrected chi connectivity index (χ1v) is 7.78. The third kappa shape index (κ3) is 6.95. The standard InChI is InChI=1S/C17H24N2O4/c1-3-4-10-14(17(22)23)19-16(21)15(18-12(2)20)11-13-8-6-5-7-9-13/h5-9,14-15H,3-4,10-11H2,1-2H3,(H,18,20)(H,19,21)(H,22,23)/t14-,15-/m1/s1. The van der Waals surface area contributed by atoms with Crippen LogP contribution in [0.5, 0.6) is 0 Å². The topological polar surface area (TPSA) is 95.5 Å². The molecule has 3 N–H and O–H groups in total. The van der Waals surface area contributed by atoms with Gasteiger partial charge in [-0.3, -0.25) is 9.59 Å². The fraction of sp³-hybridized carbons (Fsp3) is 0.471. The summed E-state index contributed by atoms with van der Waals surface area (Å²) in [6.45, 7) is 3.28. The molecule has 1 aromatic rings. The monoisotopic (exact) mass is 320 g/mol. The molecular formula is C17H24N2O4. The first-order chi connectivity index (χ1) is 10.9. The van der Waals surface area contributed by atoms with Gasteiger partial charge in [0.25, 0.3) is 0 Å². The van der Waals surface area contributed by atoms with Gasteiger partial charge in [0.15, 0.2) is 0 Å². The zero-order chi connectivity index (χ0) is 17.2. The molecule has 126 valence electrons. The van der Waals surface area contributed by atoms with E-state index >= 15 is 0 Å². The van der Waals surface area contributed by atoms with E-state index in [-0.39, 0.29) is 5.91 Å². The zero-order valence-corrected chi connectivity index (χ0v) is 13.5. The SMILES string of the molecule is CCCC[C@@H](NC(=O)[C@@H](Cc1ccccc1)NC(C)=O)C(=O)O. The quantitative estimate of drug-likeness (QED) is 0.642. The molecule has 0 aliphatic carbocycles. The van der Waals surface area contributed by atoms with E-state index in [4.69, 9.17) is 0 Å². The summed E-state index contributed by atoms with van der Waals surface area (Å²) in [5.74, 6) is -1.87. The summed E-state index contributed by atoms with van der Waals surface area (Å²) in [6, 6.07) is 7.54. The predicted molar refractivity (Wildman–Crippen MR) is 86.8 cm³/mol. The smallest absolute Gasteiger partial charge is 0.326 e. The number of nitrogens with one attached hydrogen (secondary N) is 2. The second kappa shape index (κ2) is 9.61. The molecule has 0 radical (unpaired) electrons. The van der Waals surface area contributed by atoms with Crippen molar-refractivity contribution in [1.29, 1.82) is 0 Å². The van der Waals surface area contributed by atoms with Gasteiger partial charge in [0.2, 0.25) is 11.8 Å². The molecule has 2 amide bonds. The Bertz CT molecular complexity index is 531. The molecule has 0 spiro atoms. The Balaban J connectivity index is 2.77. The van der Waals surface area contributed by atoms with Crippen LogP contribution < -0.4 is 10.6 Å². The van der Waals surface area contributed by atoms with E-state index in [0.717, 1.165) is 12.0 Å². The summed E-state index contributed by atoms with van der Waals surface area (Å²) in [5.41, 5.74) is 0.891. The normalized spacial score (nSPS) is 13.0. The summed E-state index contributed by atoms with van der Waals surface area (Å²) in [6.07, 6.45) is 2.24. The van der Waals surface area contributed by atoms with Crippen molar-refractivity contribution < 1.29 is 19.5 Å². The summed E-state index contributed by atoms with van der Waals surface area (Å²) < 4.78 is 0. The van der Waals surface area contributed by atoms with Crippen molar-refractivity contribution in [2.45, 2.75) is 51.6 Å². The molecule has 0 heterocycles. The molecule has 0 saturated heterocycles. The number of amides is 2. The molecule has 0 saturated carbocycles. The highest BCUT2D eigenvalue weighted by Gasteiger charge is 2.25. The first kappa shape index (κ1) is 18.7. The molecule has 0 fully saturated rings. The number of rotatable bonds is 9. The first-order valence-electron chi connectivity index (χ1n) is 7.78. The Morgan fingerprint density at radius 2 is 1.74 bits per heavy atom. The van der Waals surface area contributed by atoms with Crippen LogP contribution >= 0.6 is 0 Å². The maximum absolute atomic E-state index is 12.4. The van der Waals surface area contributed by atoms with E-state index in [9.17, 15) is 19.5 Å². The van der Waals surface area contributed by atoms with Crippen LogP contribution in [-0.4, -0.2) is 35.0 Å². The highest BCUT2D eigenvalue weighted by Crippen LogP contribution is 2.06. The fourth-order valence-corrected chi connectivity index (χ4v) is 2.24. The fourth-order valence-electron chi connectivity index (χ4n) is 2.24. The minimum absolute atomic E-state index is 0.312. The number of unbranched alkanes of at least 4 members (excludes halogenated alkanes) is 1. The van der Waals surface area contributed by atoms with Gasteiger partial charge in [-0.15, -0.1) is 0 Å². The molecule has 1 rings (SSSR count). The second-order valence-electron chi connectivity index (χ2n) is 5.48. The Morgan fingerprint density at radius 3 is 2.26 bits per heavy atom. The maximum atomic E-state index is 12.4. The van der Waals surface area contributed by atoms with Crippen LogP contribution in [0, 0.1) is 0 Å². The molecular weight excluding hydrogens is 296 g/mol. The van der Waals surface area contributed by atoms with Crippen molar-refractivity contribution in [1.82, 2.24) is 10.6 Å². The number of carboxylic acid groups (broad SMARTS) is 1. The van der Waals surface area contributed by atoms with Gasteiger partial charge in [-0.1, -0.05) is 50.1 Å². The number of carbonyl (C=O) groups is 3. The van der Waals surface area contributed by atoms with Crippen molar-refractivity contribution in [2.24, 2.45) is 0 Å². The molecule has 6 heteroatoms. The lowest BCUT2D eigenvalue weighted by Gasteiger charge is -2.21. The van der Waals surface area contributed by atoms with Crippen LogP contribution in [0.25, 0.3) is 0 Å². The van der Waals surface area contributed by atoms with Gasteiger partial charge in [-0.2, -0.15) is 0 Å². The number of hydrogen-bond acceptors (Lipinski definition) is 3. The lowest BCUT2D eigenvalue weighted by molar-refractivity contribution is -0.142. The number of carbonyl (C=O) groups excluding carboxylic acids is 2. The Hall–Kier alpha value is -2.37. The van der Waals surface area contributed by atoms with Crippen molar-refractivity contribution in [3.8, 4) is 0 Å². The van der Waals surface area contributed by atoms with E-state index in [1.165, 1.54) is 6.92 Å². The predicted octanol–water partition coefficient (Wildman–Crippen LogP) is 1.49. The third-order valence-electron chi connectivity index (χ3n) is 3.44. The third-order valence-corrected chi connectivity index (χ3v) is 3.44. The second-order valence-corrected chi connectivity index (χ2v) is 5.48. The number of hydrogen-bond donors (Lipinski definition) is 3. The van der Waals surface area contributed by atoms with E-state index < -0.39 is 24.0 Å². The Labute approximate surface area is 136 Å². The maximum Gasteiger partial charge on any atom is 0.326 e. The van der Waals surface area contributed by atoms with Gasteiger partial charge in [0, 0.05) is 13.3 Å². The molecule has 0 aliphatic heterocycles. The van der Waals surface area contributed by atoms with E-state index in [1.807, 2.05) is 37.3 Å². The minimum atomic E-state index is -1.06. The largest absolute Gasteiger partial charge is 0.480 e. The molecule has 1 aromatic carbocycles. The van der Waals surface area contributed by atoms with Crippen LogP contribution in [0.3, 0.4) is 0 Å². The molecule has 0 unspecified atom stereocenters. The number of benzene rings is 1. The number of aliphatic carboxylic acids is 1. The average molecular weight is 320 g/mol. The van der Waals surface area contributed by atoms with Crippen molar-refractivity contribution in [3.63, 3.8) is 0 Å². The van der Waals surface area contributed by atoms with Gasteiger partial charge in [0.05, 0.1) is 0 Å². The van der Waals surface area contributed by atoms with E-state index in [1.54, 1.807) is 0 Å². The highest BCUT2D eigenvalue weighted by molar-refractivity contribution is 5.90. The van der Waals surface area contributed by atoms with Gasteiger partial charge < -0.3 is 15.7 Å². The lowest BCUT2D eigenvalue weighted by Crippen LogP contribution is -2.52. The van der Waals surface area contributed by atoms with Gasteiger partial charge >= 0.3 is 5.97 Å². The lowest BCUT2D eigenvalue weighted by atomic mass is 10.0. The van der Waals surface area contributed by atoms with Gasteiger partial charge in [-0.25, -0.2) is 4.79 Å². The van der Waals surface area contributed by atoms with Crippen molar-refractivity contribution in [2.75, 3.05) is 0 Å². The van der Waals surface area contributed by atoms with Crippen LogP contribution in [-0.2, 0) is 20.8 Å². The van der Waals surface area contributed by atoms with Crippen LogP contribution in [0.1, 0.15) is 38.7 Å². The zero-order valence-electron chi connectivity index (χ0n) is 13.5. The van der Waals surface area contributed by atoms with Crippen LogP contribution in [0.15, 0.2) is 30.3 Å². The Kier molecular flexibility index (Phi) is 7.80. The summed E-state index contributed by atoms with van der Waals surface area (Å²) in [7, 11) is 0. The molecule has 0 bridgehead atoms. The highest BCUT2D eigenvalue weighted by atomic mass is 16.4. The van der Waals surface area contributed by atoms with Crippen LogP contribution in [0.2, 0.25) is 0 Å². The van der Waals surface area contributed by atoms with Gasteiger partial charge in [-0.05, 0) is 12.0 Å². The van der Waals surface area contributed by atoms with E-state index in [2.05, 4.69) is 10.6 Å². The van der Waals surface area contributed by atoms with Gasteiger partial charge in [0.1, 0.15) is 12.1 Å². The van der Waals surface area contributed by atoms with E-state index in [0.29, 0.717) is 19.3 Å². The molecule has 2 atom stereocenters.